The van der Waals surface area contributed by atoms with Gasteiger partial charge in [-0.3, -0.25) is 4.79 Å². The second-order valence-corrected chi connectivity index (χ2v) is 9.61. The molecule has 0 aromatic heterocycles. The van der Waals surface area contributed by atoms with Crippen LogP contribution in [-0.2, 0) is 14.8 Å². The largest absolute Gasteiger partial charge is 0.352 e. The smallest absolute Gasteiger partial charge is 0.243 e. The summed E-state index contributed by atoms with van der Waals surface area (Å²) in [4.78, 5) is 13.0. The Bertz CT molecular complexity index is 713. The molecule has 2 aliphatic rings. The molecule has 1 N–H and O–H groups in total. The monoisotopic (exact) mass is 398 g/mol. The van der Waals surface area contributed by atoms with Gasteiger partial charge in [-0.2, -0.15) is 4.31 Å². The molecule has 1 saturated heterocycles. The number of sulfonamides is 1. The number of hydrogen-bond donors (Lipinski definition) is 1. The summed E-state index contributed by atoms with van der Waals surface area (Å²) in [5.41, 5.74) is 0. The minimum absolute atomic E-state index is 0.148. The van der Waals surface area contributed by atoms with Crippen LogP contribution in [0.2, 0.25) is 5.02 Å². The summed E-state index contributed by atoms with van der Waals surface area (Å²) < 4.78 is 27.3. The van der Waals surface area contributed by atoms with E-state index in [-0.39, 0.29) is 16.8 Å². The van der Waals surface area contributed by atoms with Crippen LogP contribution in [0.25, 0.3) is 0 Å². The van der Waals surface area contributed by atoms with E-state index in [1.165, 1.54) is 35.7 Å². The highest BCUT2D eigenvalue weighted by molar-refractivity contribution is 7.89. The Morgan fingerprint density at radius 3 is 2.23 bits per heavy atom. The molecule has 3 rings (SSSR count). The minimum Gasteiger partial charge on any atom is -0.352 e. The number of benzene rings is 1. The van der Waals surface area contributed by atoms with Crippen molar-refractivity contribution in [3.05, 3.63) is 29.3 Å². The van der Waals surface area contributed by atoms with Crippen molar-refractivity contribution in [2.45, 2.75) is 74.8 Å². The summed E-state index contributed by atoms with van der Waals surface area (Å²) in [6.45, 7) is 0.383. The lowest BCUT2D eigenvalue weighted by Gasteiger charge is -2.27. The average molecular weight is 399 g/mol. The highest BCUT2D eigenvalue weighted by atomic mass is 35.5. The fraction of sp³-hybridized carbons (Fsp3) is 0.632. The first-order valence-corrected chi connectivity index (χ1v) is 11.4. The molecule has 1 aromatic rings. The zero-order valence-electron chi connectivity index (χ0n) is 15.0. The Morgan fingerprint density at radius 2 is 1.58 bits per heavy atom. The van der Waals surface area contributed by atoms with Gasteiger partial charge in [0.1, 0.15) is 6.04 Å². The molecular weight excluding hydrogens is 372 g/mol. The molecule has 0 bridgehead atoms. The maximum Gasteiger partial charge on any atom is 0.243 e. The Kier molecular flexibility index (Phi) is 6.59. The van der Waals surface area contributed by atoms with Crippen LogP contribution < -0.4 is 5.32 Å². The van der Waals surface area contributed by atoms with Crippen LogP contribution in [0.1, 0.15) is 57.8 Å². The van der Waals surface area contributed by atoms with Crippen LogP contribution in [0.3, 0.4) is 0 Å². The molecule has 5 nitrogen and oxygen atoms in total. The standard InChI is InChI=1S/C19H27ClN2O3S/c20-15-10-12-17(13-11-15)26(24,25)22-14-6-9-18(22)19(23)21-16-7-4-2-1-3-5-8-16/h10-13,16,18H,1-9,14H2,(H,21,23)/t18-/m0/s1. The van der Waals surface area contributed by atoms with Crippen LogP contribution in [0.15, 0.2) is 29.2 Å². The van der Waals surface area contributed by atoms with Gasteiger partial charge in [0.2, 0.25) is 15.9 Å². The van der Waals surface area contributed by atoms with Crippen molar-refractivity contribution in [3.63, 3.8) is 0 Å². The van der Waals surface area contributed by atoms with E-state index in [1.807, 2.05) is 0 Å². The first kappa shape index (κ1) is 19.6. The van der Waals surface area contributed by atoms with Crippen molar-refractivity contribution >= 4 is 27.5 Å². The predicted molar refractivity (Wildman–Crippen MR) is 103 cm³/mol. The lowest BCUT2D eigenvalue weighted by molar-refractivity contribution is -0.125. The quantitative estimate of drug-likeness (QED) is 0.840. The maximum absolute atomic E-state index is 13.0. The summed E-state index contributed by atoms with van der Waals surface area (Å²) in [5, 5.41) is 3.61. The van der Waals surface area contributed by atoms with E-state index >= 15 is 0 Å². The Balaban J connectivity index is 1.70. The summed E-state index contributed by atoms with van der Waals surface area (Å²) in [7, 11) is -3.69. The lowest BCUT2D eigenvalue weighted by atomic mass is 9.96. The fourth-order valence-electron chi connectivity index (χ4n) is 3.93. The SMILES string of the molecule is O=C(NC1CCCCCCC1)[C@@H]1CCCN1S(=O)(=O)c1ccc(Cl)cc1. The summed E-state index contributed by atoms with van der Waals surface area (Å²) in [6, 6.07) is 5.69. The van der Waals surface area contributed by atoms with Gasteiger partial charge in [-0.25, -0.2) is 8.42 Å². The highest BCUT2D eigenvalue weighted by Crippen LogP contribution is 2.27. The zero-order chi connectivity index (χ0) is 18.6. The normalized spacial score (nSPS) is 23.3. The van der Waals surface area contributed by atoms with Gasteiger partial charge in [-0.05, 0) is 49.9 Å². The van der Waals surface area contributed by atoms with E-state index < -0.39 is 16.1 Å². The molecule has 0 spiro atoms. The van der Waals surface area contributed by atoms with Crippen molar-refractivity contribution in [3.8, 4) is 0 Å². The molecule has 0 unspecified atom stereocenters. The Hall–Kier alpha value is -1.11. The number of halogens is 1. The van der Waals surface area contributed by atoms with Gasteiger partial charge in [-0.1, -0.05) is 43.7 Å². The molecule has 7 heteroatoms. The molecule has 1 aliphatic heterocycles. The average Bonchev–Trinajstić information content (AvgIpc) is 3.08. The topological polar surface area (TPSA) is 66.5 Å². The fourth-order valence-corrected chi connectivity index (χ4v) is 5.71. The van der Waals surface area contributed by atoms with Crippen LogP contribution in [0.4, 0.5) is 0 Å². The predicted octanol–water partition coefficient (Wildman–Crippen LogP) is 3.72. The van der Waals surface area contributed by atoms with Gasteiger partial charge in [0, 0.05) is 17.6 Å². The van der Waals surface area contributed by atoms with Gasteiger partial charge >= 0.3 is 0 Å². The molecule has 1 atom stereocenters. The number of carbonyl (C=O) groups excluding carboxylic acids is 1. The van der Waals surface area contributed by atoms with E-state index in [1.54, 1.807) is 12.1 Å². The second-order valence-electron chi connectivity index (χ2n) is 7.28. The van der Waals surface area contributed by atoms with Crippen molar-refractivity contribution in [1.29, 1.82) is 0 Å². The molecule has 1 aliphatic carbocycles. The molecule has 2 fully saturated rings. The molecule has 26 heavy (non-hydrogen) atoms. The molecule has 1 heterocycles. The molecule has 1 amide bonds. The highest BCUT2D eigenvalue weighted by Gasteiger charge is 2.39. The maximum atomic E-state index is 13.0. The molecular formula is C19H27ClN2O3S. The van der Waals surface area contributed by atoms with Gasteiger partial charge in [0.25, 0.3) is 0 Å². The van der Waals surface area contributed by atoms with Crippen LogP contribution in [0.5, 0.6) is 0 Å². The van der Waals surface area contributed by atoms with Crippen molar-refractivity contribution in [2.24, 2.45) is 0 Å². The van der Waals surface area contributed by atoms with Gasteiger partial charge in [-0.15, -0.1) is 0 Å². The molecule has 1 saturated carbocycles. The molecule has 144 valence electrons. The van der Waals surface area contributed by atoms with E-state index in [9.17, 15) is 13.2 Å². The van der Waals surface area contributed by atoms with E-state index in [4.69, 9.17) is 11.6 Å². The van der Waals surface area contributed by atoms with Crippen LogP contribution >= 0.6 is 11.6 Å². The molecule has 1 aromatic carbocycles. The number of carbonyl (C=O) groups is 1. The van der Waals surface area contributed by atoms with Crippen molar-refractivity contribution < 1.29 is 13.2 Å². The zero-order valence-corrected chi connectivity index (χ0v) is 16.6. The number of amides is 1. The first-order valence-electron chi connectivity index (χ1n) is 9.56. The lowest BCUT2D eigenvalue weighted by Crippen LogP contribution is -2.48. The van der Waals surface area contributed by atoms with Gasteiger partial charge in [0.15, 0.2) is 0 Å². The molecule has 0 radical (unpaired) electrons. The minimum atomic E-state index is -3.69. The summed E-state index contributed by atoms with van der Waals surface area (Å²) in [6.07, 6.45) is 9.21. The van der Waals surface area contributed by atoms with Crippen molar-refractivity contribution in [1.82, 2.24) is 9.62 Å². The van der Waals surface area contributed by atoms with Gasteiger partial charge < -0.3 is 5.32 Å². The first-order chi connectivity index (χ1) is 12.5. The van der Waals surface area contributed by atoms with E-state index in [2.05, 4.69) is 5.32 Å². The second kappa shape index (κ2) is 8.72. The van der Waals surface area contributed by atoms with Crippen LogP contribution in [-0.4, -0.2) is 37.3 Å². The number of nitrogens with one attached hydrogen (secondary N) is 1. The van der Waals surface area contributed by atoms with E-state index in [0.717, 1.165) is 25.7 Å². The van der Waals surface area contributed by atoms with E-state index in [0.29, 0.717) is 24.4 Å². The van der Waals surface area contributed by atoms with Gasteiger partial charge in [0.05, 0.1) is 4.90 Å². The third-order valence-corrected chi connectivity index (χ3v) is 7.55. The summed E-state index contributed by atoms with van der Waals surface area (Å²) >= 11 is 5.86. The number of rotatable bonds is 4. The van der Waals surface area contributed by atoms with Crippen LogP contribution in [0, 0.1) is 0 Å². The van der Waals surface area contributed by atoms with Crippen molar-refractivity contribution in [2.75, 3.05) is 6.54 Å². The third kappa shape index (κ3) is 4.59. The Morgan fingerprint density at radius 1 is 0.962 bits per heavy atom. The number of nitrogens with zero attached hydrogens (tertiary/aromatic N) is 1. The number of hydrogen-bond acceptors (Lipinski definition) is 3. The summed E-state index contributed by atoms with van der Waals surface area (Å²) in [5.74, 6) is -0.148. The third-order valence-electron chi connectivity index (χ3n) is 5.38. The Labute approximate surface area is 161 Å².